The molecule has 0 aliphatic rings. The average Bonchev–Trinajstić information content (AvgIpc) is 2.69. The van der Waals surface area contributed by atoms with E-state index < -0.39 is 0 Å². The predicted octanol–water partition coefficient (Wildman–Crippen LogP) is 5.15. The van der Waals surface area contributed by atoms with Crippen LogP contribution in [0.4, 0.5) is 11.4 Å². The molecule has 0 spiro atoms. The highest BCUT2D eigenvalue weighted by Gasteiger charge is 2.06. The molecular formula is C14H14Br2N2OS. The summed E-state index contributed by atoms with van der Waals surface area (Å²) >= 11 is 8.67. The monoisotopic (exact) mass is 416 g/mol. The number of nitrogens with one attached hydrogen (secondary N) is 2. The number of rotatable bonds is 4. The van der Waals surface area contributed by atoms with Crippen LogP contribution in [0.5, 0.6) is 0 Å². The van der Waals surface area contributed by atoms with Crippen molar-refractivity contribution in [1.82, 2.24) is 0 Å². The van der Waals surface area contributed by atoms with Gasteiger partial charge in [0.15, 0.2) is 0 Å². The molecule has 0 radical (unpaired) electrons. The highest BCUT2D eigenvalue weighted by Crippen LogP contribution is 2.33. The van der Waals surface area contributed by atoms with Crippen LogP contribution in [-0.4, -0.2) is 5.91 Å². The van der Waals surface area contributed by atoms with Crippen molar-refractivity contribution in [2.75, 3.05) is 10.6 Å². The molecule has 1 aromatic carbocycles. The van der Waals surface area contributed by atoms with Gasteiger partial charge in [0.05, 0.1) is 3.79 Å². The first-order chi connectivity index (χ1) is 9.45. The molecule has 6 heteroatoms. The molecule has 0 bridgehead atoms. The average molecular weight is 418 g/mol. The zero-order valence-electron chi connectivity index (χ0n) is 11.1. The summed E-state index contributed by atoms with van der Waals surface area (Å²) in [7, 11) is 0. The Labute approximate surface area is 139 Å². The van der Waals surface area contributed by atoms with Gasteiger partial charge in [0.1, 0.15) is 0 Å². The van der Waals surface area contributed by atoms with Crippen LogP contribution >= 0.6 is 43.2 Å². The van der Waals surface area contributed by atoms with Gasteiger partial charge in [0, 0.05) is 34.2 Å². The molecule has 0 saturated heterocycles. The molecule has 2 N–H and O–H groups in total. The van der Waals surface area contributed by atoms with Gasteiger partial charge >= 0.3 is 0 Å². The van der Waals surface area contributed by atoms with Crippen LogP contribution in [0.15, 0.2) is 32.5 Å². The summed E-state index contributed by atoms with van der Waals surface area (Å²) in [6.45, 7) is 4.30. The summed E-state index contributed by atoms with van der Waals surface area (Å²) in [5, 5.41) is 6.19. The van der Waals surface area contributed by atoms with Gasteiger partial charge in [-0.3, -0.25) is 4.79 Å². The normalized spacial score (nSPS) is 10.4. The number of halogens is 2. The first kappa shape index (κ1) is 15.5. The van der Waals surface area contributed by atoms with Gasteiger partial charge in [0.25, 0.3) is 0 Å². The highest BCUT2D eigenvalue weighted by molar-refractivity contribution is 9.13. The first-order valence-electron chi connectivity index (χ1n) is 6.01. The molecule has 0 aliphatic heterocycles. The van der Waals surface area contributed by atoms with Crippen LogP contribution in [0.1, 0.15) is 17.4 Å². The fourth-order valence-electron chi connectivity index (χ4n) is 1.75. The summed E-state index contributed by atoms with van der Waals surface area (Å²) in [6.07, 6.45) is 0. The number of aryl methyl sites for hydroxylation is 1. The van der Waals surface area contributed by atoms with E-state index in [1.807, 2.05) is 25.1 Å². The van der Waals surface area contributed by atoms with Crippen molar-refractivity contribution >= 4 is 60.5 Å². The van der Waals surface area contributed by atoms with E-state index in [9.17, 15) is 4.79 Å². The van der Waals surface area contributed by atoms with Crippen molar-refractivity contribution in [2.24, 2.45) is 0 Å². The van der Waals surface area contributed by atoms with E-state index in [2.05, 4.69) is 48.6 Å². The molecule has 1 heterocycles. The Balaban J connectivity index is 2.10. The van der Waals surface area contributed by atoms with E-state index >= 15 is 0 Å². The molecule has 2 rings (SSSR count). The van der Waals surface area contributed by atoms with Gasteiger partial charge in [0.2, 0.25) is 5.91 Å². The van der Waals surface area contributed by atoms with E-state index in [1.165, 1.54) is 11.8 Å². The molecule has 20 heavy (non-hydrogen) atoms. The molecule has 1 aromatic heterocycles. The number of amides is 1. The number of anilines is 2. The van der Waals surface area contributed by atoms with Gasteiger partial charge < -0.3 is 10.6 Å². The lowest BCUT2D eigenvalue weighted by Crippen LogP contribution is -2.07. The second-order valence-electron chi connectivity index (χ2n) is 4.40. The Morgan fingerprint density at radius 2 is 2.05 bits per heavy atom. The highest BCUT2D eigenvalue weighted by atomic mass is 79.9. The van der Waals surface area contributed by atoms with Crippen molar-refractivity contribution in [2.45, 2.75) is 20.4 Å². The number of thiophene rings is 1. The maximum Gasteiger partial charge on any atom is 0.221 e. The lowest BCUT2D eigenvalue weighted by Gasteiger charge is -2.11. The van der Waals surface area contributed by atoms with E-state index in [1.54, 1.807) is 11.3 Å². The van der Waals surface area contributed by atoms with E-state index in [4.69, 9.17) is 0 Å². The topological polar surface area (TPSA) is 41.1 Å². The smallest absolute Gasteiger partial charge is 0.221 e. The van der Waals surface area contributed by atoms with Gasteiger partial charge in [-0.25, -0.2) is 0 Å². The molecule has 0 aliphatic carbocycles. The van der Waals surface area contributed by atoms with E-state index in [0.29, 0.717) is 0 Å². The maximum atomic E-state index is 11.1. The van der Waals surface area contributed by atoms with Crippen LogP contribution in [0.25, 0.3) is 0 Å². The third kappa shape index (κ3) is 4.07. The van der Waals surface area contributed by atoms with Crippen LogP contribution in [0, 0.1) is 6.92 Å². The van der Waals surface area contributed by atoms with Gasteiger partial charge in [-0.1, -0.05) is 6.07 Å². The quantitative estimate of drug-likeness (QED) is 0.721. The van der Waals surface area contributed by atoms with E-state index in [-0.39, 0.29) is 5.91 Å². The minimum Gasteiger partial charge on any atom is -0.380 e. The predicted molar refractivity (Wildman–Crippen MR) is 92.5 cm³/mol. The van der Waals surface area contributed by atoms with E-state index in [0.717, 1.165) is 31.7 Å². The third-order valence-corrected chi connectivity index (χ3v) is 5.96. The molecule has 0 unspecified atom stereocenters. The largest absolute Gasteiger partial charge is 0.380 e. The molecule has 106 valence electrons. The van der Waals surface area contributed by atoms with Crippen LogP contribution in [0.3, 0.4) is 0 Å². The minimum absolute atomic E-state index is 0.0640. The van der Waals surface area contributed by atoms with Gasteiger partial charge in [-0.15, -0.1) is 11.3 Å². The zero-order chi connectivity index (χ0) is 14.7. The lowest BCUT2D eigenvalue weighted by molar-refractivity contribution is -0.114. The van der Waals surface area contributed by atoms with Crippen molar-refractivity contribution in [3.63, 3.8) is 0 Å². The van der Waals surface area contributed by atoms with Crippen molar-refractivity contribution in [1.29, 1.82) is 0 Å². The number of benzene rings is 1. The summed E-state index contributed by atoms with van der Waals surface area (Å²) in [4.78, 5) is 12.3. The van der Waals surface area contributed by atoms with Gasteiger partial charge in [-0.2, -0.15) is 0 Å². The zero-order valence-corrected chi connectivity index (χ0v) is 15.1. The van der Waals surface area contributed by atoms with Crippen LogP contribution < -0.4 is 10.6 Å². The second kappa shape index (κ2) is 6.74. The fraction of sp³-hybridized carbons (Fsp3) is 0.214. The Morgan fingerprint density at radius 3 is 2.65 bits per heavy atom. The first-order valence-corrected chi connectivity index (χ1v) is 8.42. The molecule has 3 nitrogen and oxygen atoms in total. The number of carbonyl (C=O) groups excluding carboxylic acids is 1. The molecule has 0 fully saturated rings. The summed E-state index contributed by atoms with van der Waals surface area (Å²) in [5.74, 6) is -0.0640. The fourth-order valence-corrected chi connectivity index (χ4v) is 3.87. The van der Waals surface area contributed by atoms with Crippen molar-refractivity contribution in [3.8, 4) is 0 Å². The van der Waals surface area contributed by atoms with Gasteiger partial charge in [-0.05, 0) is 62.5 Å². The van der Waals surface area contributed by atoms with Crippen LogP contribution in [-0.2, 0) is 11.3 Å². The number of hydrogen-bond acceptors (Lipinski definition) is 3. The number of hydrogen-bond donors (Lipinski definition) is 2. The third-order valence-electron chi connectivity index (χ3n) is 2.71. The second-order valence-corrected chi connectivity index (χ2v) is 7.71. The molecule has 0 saturated carbocycles. The Bertz CT molecular complexity index is 621. The Hall–Kier alpha value is -0.850. The molecule has 2 aromatic rings. The summed E-state index contributed by atoms with van der Waals surface area (Å²) in [5.41, 5.74) is 2.98. The maximum absolute atomic E-state index is 11.1. The van der Waals surface area contributed by atoms with Crippen molar-refractivity contribution in [3.05, 3.63) is 43.0 Å². The SMILES string of the molecule is CC(=O)Nc1ccc(C)c(NCc2cc(Br)c(Br)s2)c1. The lowest BCUT2D eigenvalue weighted by atomic mass is 10.1. The van der Waals surface area contributed by atoms with Crippen molar-refractivity contribution < 1.29 is 4.79 Å². The molecule has 0 atom stereocenters. The van der Waals surface area contributed by atoms with Crippen LogP contribution in [0.2, 0.25) is 0 Å². The standard InChI is InChI=1S/C14H14Br2N2OS/c1-8-3-4-10(18-9(2)19)5-13(8)17-7-11-6-12(15)14(16)20-11/h3-6,17H,7H2,1-2H3,(H,18,19). The summed E-state index contributed by atoms with van der Waals surface area (Å²) < 4.78 is 2.17. The Kier molecular flexibility index (Phi) is 5.23. The molecular weight excluding hydrogens is 404 g/mol. The Morgan fingerprint density at radius 1 is 1.30 bits per heavy atom. The summed E-state index contributed by atoms with van der Waals surface area (Å²) in [6, 6.07) is 7.94. The minimum atomic E-state index is -0.0640. The molecule has 1 amide bonds. The number of carbonyl (C=O) groups is 1.